The van der Waals surface area contributed by atoms with Crippen LogP contribution in [0.4, 0.5) is 4.79 Å². The second kappa shape index (κ2) is 12.4. The topological polar surface area (TPSA) is 77.6 Å². The van der Waals surface area contributed by atoms with E-state index in [1.54, 1.807) is 17.4 Å². The number of halogens is 1. The van der Waals surface area contributed by atoms with Crippen LogP contribution in [0.3, 0.4) is 0 Å². The predicted octanol–water partition coefficient (Wildman–Crippen LogP) is 5.40. The van der Waals surface area contributed by atoms with Crippen LogP contribution in [0.25, 0.3) is 0 Å². The second-order valence-corrected chi connectivity index (χ2v) is 12.0. The zero-order chi connectivity index (χ0) is 26.5. The van der Waals surface area contributed by atoms with Crippen LogP contribution in [-0.2, 0) is 6.54 Å². The maximum Gasteiger partial charge on any atom is 0.318 e. The van der Waals surface area contributed by atoms with E-state index in [9.17, 15) is 9.59 Å². The van der Waals surface area contributed by atoms with Gasteiger partial charge in [-0.1, -0.05) is 11.6 Å². The molecule has 3 heterocycles. The Morgan fingerprint density at radius 2 is 1.97 bits per heavy atom. The molecule has 1 saturated heterocycles. The highest BCUT2D eigenvalue weighted by Crippen LogP contribution is 2.23. The minimum atomic E-state index is -0.275. The van der Waals surface area contributed by atoms with E-state index in [-0.39, 0.29) is 23.5 Å². The Kier molecular flexibility index (Phi) is 9.78. The third kappa shape index (κ3) is 7.92. The minimum absolute atomic E-state index is 0.00480. The summed E-state index contributed by atoms with van der Waals surface area (Å²) in [6.07, 6.45) is 2.74. The van der Waals surface area contributed by atoms with Crippen LogP contribution in [0.15, 0.2) is 22.9 Å². The zero-order valence-corrected chi connectivity index (χ0v) is 23.9. The molecule has 198 valence electrons. The van der Waals surface area contributed by atoms with Gasteiger partial charge < -0.3 is 20.4 Å². The number of thiophene rings is 1. The normalized spacial score (nSPS) is 16.0. The molecule has 1 fully saturated rings. The molecule has 0 saturated carbocycles. The van der Waals surface area contributed by atoms with E-state index >= 15 is 0 Å². The number of hydrogen-bond acceptors (Lipinski definition) is 5. The molecule has 1 unspecified atom stereocenters. The molecule has 7 nitrogen and oxygen atoms in total. The molecule has 9 heteroatoms. The molecule has 0 aliphatic carbocycles. The highest BCUT2D eigenvalue weighted by molar-refractivity contribution is 7.07. The van der Waals surface area contributed by atoms with Crippen molar-refractivity contribution in [2.24, 2.45) is 0 Å². The lowest BCUT2D eigenvalue weighted by molar-refractivity contribution is 0.0892. The van der Waals surface area contributed by atoms with Crippen molar-refractivity contribution in [1.29, 1.82) is 0 Å². The van der Waals surface area contributed by atoms with Gasteiger partial charge >= 0.3 is 6.03 Å². The molecule has 2 N–H and O–H groups in total. The van der Waals surface area contributed by atoms with Gasteiger partial charge in [-0.3, -0.25) is 4.79 Å². The quantitative estimate of drug-likeness (QED) is 0.445. The maximum atomic E-state index is 13.1. The number of carbonyl (C=O) groups is 2. The Bertz CT molecular complexity index is 1010. The molecular formula is C27H40ClN5O2S. The highest BCUT2D eigenvalue weighted by atomic mass is 35.5. The van der Waals surface area contributed by atoms with Crippen molar-refractivity contribution >= 4 is 34.9 Å². The third-order valence-corrected chi connectivity index (χ3v) is 7.61. The average Bonchev–Trinajstić information content (AvgIpc) is 3.29. The molecule has 3 amide bonds. The summed E-state index contributed by atoms with van der Waals surface area (Å²) < 4.78 is 0. The summed E-state index contributed by atoms with van der Waals surface area (Å²) in [5.74, 6) is -0.103. The van der Waals surface area contributed by atoms with Crippen molar-refractivity contribution in [3.8, 4) is 0 Å². The predicted molar refractivity (Wildman–Crippen MR) is 148 cm³/mol. The maximum absolute atomic E-state index is 13.1. The van der Waals surface area contributed by atoms with Crippen molar-refractivity contribution in [3.63, 3.8) is 0 Å². The number of aromatic nitrogens is 1. The van der Waals surface area contributed by atoms with Crippen LogP contribution in [-0.4, -0.2) is 64.0 Å². The van der Waals surface area contributed by atoms with Gasteiger partial charge in [0.2, 0.25) is 0 Å². The number of nitrogens with one attached hydrogen (secondary N) is 2. The van der Waals surface area contributed by atoms with Gasteiger partial charge in [0.25, 0.3) is 5.91 Å². The SMILES string of the molecule is Cc1cc(Cl)nc(C)c1C(=O)NCCC(C)N1CCC(N(Cc2ccsc2)C(=O)NC(C)(C)C)CC1. The fourth-order valence-electron chi connectivity index (χ4n) is 4.77. The van der Waals surface area contributed by atoms with E-state index in [1.807, 2.05) is 39.5 Å². The van der Waals surface area contributed by atoms with E-state index < -0.39 is 0 Å². The van der Waals surface area contributed by atoms with Gasteiger partial charge in [0, 0.05) is 43.8 Å². The lowest BCUT2D eigenvalue weighted by Gasteiger charge is -2.41. The Morgan fingerprint density at radius 1 is 1.28 bits per heavy atom. The number of aryl methyl sites for hydroxylation is 2. The summed E-state index contributed by atoms with van der Waals surface area (Å²) in [4.78, 5) is 34.6. The van der Waals surface area contributed by atoms with Crippen LogP contribution >= 0.6 is 22.9 Å². The molecule has 0 bridgehead atoms. The number of urea groups is 1. The summed E-state index contributed by atoms with van der Waals surface area (Å²) in [5.41, 5.74) is 2.99. The fourth-order valence-corrected chi connectivity index (χ4v) is 5.72. The van der Waals surface area contributed by atoms with Crippen molar-refractivity contribution in [2.45, 2.75) is 85.0 Å². The average molecular weight is 534 g/mol. The molecular weight excluding hydrogens is 494 g/mol. The third-order valence-electron chi connectivity index (χ3n) is 6.68. The summed E-state index contributed by atoms with van der Waals surface area (Å²) in [6, 6.07) is 4.37. The second-order valence-electron chi connectivity index (χ2n) is 10.8. The summed E-state index contributed by atoms with van der Waals surface area (Å²) in [6.45, 7) is 15.0. The fraction of sp³-hybridized carbons (Fsp3) is 0.593. The number of carbonyl (C=O) groups excluding carboxylic acids is 2. The molecule has 1 atom stereocenters. The molecule has 0 aromatic carbocycles. The minimum Gasteiger partial charge on any atom is -0.352 e. The number of pyridine rings is 1. The monoisotopic (exact) mass is 533 g/mol. The number of hydrogen-bond donors (Lipinski definition) is 2. The lowest BCUT2D eigenvalue weighted by atomic mass is 10.00. The van der Waals surface area contributed by atoms with E-state index in [0.29, 0.717) is 35.5 Å². The van der Waals surface area contributed by atoms with Crippen LogP contribution < -0.4 is 10.6 Å². The number of nitrogens with zero attached hydrogens (tertiary/aromatic N) is 3. The van der Waals surface area contributed by atoms with Gasteiger partial charge in [0.1, 0.15) is 5.15 Å². The molecule has 1 aliphatic rings. The Hall–Kier alpha value is -2.16. The van der Waals surface area contributed by atoms with Crippen molar-refractivity contribution in [3.05, 3.63) is 50.4 Å². The molecule has 1 aliphatic heterocycles. The first-order valence-corrected chi connectivity index (χ1v) is 14.0. The van der Waals surface area contributed by atoms with Crippen LogP contribution in [0.1, 0.15) is 74.1 Å². The molecule has 3 rings (SSSR count). The number of piperidine rings is 1. The largest absolute Gasteiger partial charge is 0.352 e. The Labute approximate surface area is 224 Å². The summed E-state index contributed by atoms with van der Waals surface area (Å²) in [7, 11) is 0. The Balaban J connectivity index is 1.51. The van der Waals surface area contributed by atoms with E-state index in [1.165, 1.54) is 5.56 Å². The molecule has 36 heavy (non-hydrogen) atoms. The first-order chi connectivity index (χ1) is 16.9. The van der Waals surface area contributed by atoms with Gasteiger partial charge in [-0.05, 0) is 94.8 Å². The number of amides is 3. The standard InChI is InChI=1S/C27H40ClN5O2S/c1-18-15-23(28)30-20(3)24(18)25(34)29-11-7-19(2)32-12-8-22(9-13-32)33(16-21-10-14-36-17-21)26(35)31-27(4,5)6/h10,14-15,17,19,22H,7-9,11-13,16H2,1-6H3,(H,29,34)(H,31,35). The summed E-state index contributed by atoms with van der Waals surface area (Å²) >= 11 is 7.66. The van der Waals surface area contributed by atoms with E-state index in [4.69, 9.17) is 11.6 Å². The first-order valence-electron chi connectivity index (χ1n) is 12.7. The molecule has 2 aromatic rings. The first kappa shape index (κ1) is 28.4. The molecule has 0 spiro atoms. The van der Waals surface area contributed by atoms with Crippen LogP contribution in [0.2, 0.25) is 5.15 Å². The number of likely N-dealkylation sites (tertiary alicyclic amines) is 1. The van der Waals surface area contributed by atoms with Crippen LogP contribution in [0, 0.1) is 13.8 Å². The van der Waals surface area contributed by atoms with Gasteiger partial charge in [0.15, 0.2) is 0 Å². The smallest absolute Gasteiger partial charge is 0.318 e. The van der Waals surface area contributed by atoms with Gasteiger partial charge in [-0.15, -0.1) is 0 Å². The lowest BCUT2D eigenvalue weighted by Crippen LogP contribution is -2.54. The van der Waals surface area contributed by atoms with E-state index in [0.717, 1.165) is 37.9 Å². The molecule has 2 aromatic heterocycles. The van der Waals surface area contributed by atoms with Crippen molar-refractivity contribution < 1.29 is 9.59 Å². The summed E-state index contributed by atoms with van der Waals surface area (Å²) in [5, 5.41) is 10.8. The Morgan fingerprint density at radius 3 is 2.56 bits per heavy atom. The van der Waals surface area contributed by atoms with Gasteiger partial charge in [-0.2, -0.15) is 11.3 Å². The van der Waals surface area contributed by atoms with Gasteiger partial charge in [-0.25, -0.2) is 9.78 Å². The molecule has 0 radical (unpaired) electrons. The van der Waals surface area contributed by atoms with E-state index in [2.05, 4.69) is 44.3 Å². The van der Waals surface area contributed by atoms with Crippen molar-refractivity contribution in [1.82, 2.24) is 25.4 Å². The number of rotatable bonds is 8. The van der Waals surface area contributed by atoms with Crippen molar-refractivity contribution in [2.75, 3.05) is 19.6 Å². The highest BCUT2D eigenvalue weighted by Gasteiger charge is 2.31. The zero-order valence-electron chi connectivity index (χ0n) is 22.4. The van der Waals surface area contributed by atoms with Crippen LogP contribution in [0.5, 0.6) is 0 Å². The van der Waals surface area contributed by atoms with Gasteiger partial charge in [0.05, 0.1) is 11.3 Å².